The lowest BCUT2D eigenvalue weighted by Crippen LogP contribution is -2.42. The van der Waals surface area contributed by atoms with Crippen molar-refractivity contribution < 1.29 is 19.5 Å². The Balaban J connectivity index is 2.02. The molecule has 0 spiro atoms. The molecule has 1 atom stereocenters. The Labute approximate surface area is 145 Å². The number of likely N-dealkylation sites (tertiary alicyclic amines) is 1. The summed E-state index contributed by atoms with van der Waals surface area (Å²) in [5, 5.41) is 12.3. The summed E-state index contributed by atoms with van der Waals surface area (Å²) in [5.41, 5.74) is 0.664. The zero-order valence-electron chi connectivity index (χ0n) is 13.3. The van der Waals surface area contributed by atoms with Crippen molar-refractivity contribution in [1.82, 2.24) is 10.2 Å². The van der Waals surface area contributed by atoms with E-state index in [0.29, 0.717) is 23.6 Å². The van der Waals surface area contributed by atoms with E-state index >= 15 is 0 Å². The summed E-state index contributed by atoms with van der Waals surface area (Å²) >= 11 is 5.84. The molecule has 1 saturated heterocycles. The lowest BCUT2D eigenvalue weighted by molar-refractivity contribution is -0.139. The monoisotopic (exact) mass is 352 g/mol. The third-order valence-electron chi connectivity index (χ3n) is 3.99. The second-order valence-electron chi connectivity index (χ2n) is 5.90. The van der Waals surface area contributed by atoms with E-state index in [4.69, 9.17) is 16.7 Å². The molecular formula is C17H21ClN2O4. The largest absolute Gasteiger partial charge is 0.481 e. The number of hydrogen-bond donors (Lipinski definition) is 2. The maximum Gasteiger partial charge on any atom is 0.305 e. The van der Waals surface area contributed by atoms with E-state index < -0.39 is 12.0 Å². The molecule has 1 aliphatic rings. The van der Waals surface area contributed by atoms with Crippen LogP contribution in [0.5, 0.6) is 0 Å². The van der Waals surface area contributed by atoms with E-state index in [9.17, 15) is 14.4 Å². The van der Waals surface area contributed by atoms with Crippen LogP contribution in [0.15, 0.2) is 24.3 Å². The van der Waals surface area contributed by atoms with Crippen LogP contribution in [0.2, 0.25) is 5.02 Å². The number of nitrogens with zero attached hydrogens (tertiary/aromatic N) is 1. The molecule has 2 N–H and O–H groups in total. The van der Waals surface area contributed by atoms with Gasteiger partial charge in [0.2, 0.25) is 11.8 Å². The van der Waals surface area contributed by atoms with Crippen LogP contribution in [0.4, 0.5) is 0 Å². The number of carbonyl (C=O) groups is 3. The normalized spacial score (nSPS) is 16.4. The Morgan fingerprint density at radius 2 is 1.92 bits per heavy atom. The predicted octanol–water partition coefficient (Wildman–Crippen LogP) is 2.37. The third-order valence-corrected chi connectivity index (χ3v) is 4.24. The van der Waals surface area contributed by atoms with Crippen LogP contribution in [-0.4, -0.2) is 40.9 Å². The molecule has 1 fully saturated rings. The highest BCUT2D eigenvalue weighted by Crippen LogP contribution is 2.20. The number of amides is 2. The highest BCUT2D eigenvalue weighted by atomic mass is 35.5. The zero-order valence-corrected chi connectivity index (χ0v) is 14.1. The molecule has 2 amide bonds. The van der Waals surface area contributed by atoms with Gasteiger partial charge in [0, 0.05) is 18.0 Å². The van der Waals surface area contributed by atoms with Crippen LogP contribution in [0.1, 0.15) is 43.7 Å². The molecular weight excluding hydrogens is 332 g/mol. The molecule has 0 bridgehead atoms. The number of rotatable bonds is 6. The van der Waals surface area contributed by atoms with Crippen LogP contribution in [-0.2, 0) is 14.4 Å². The van der Waals surface area contributed by atoms with Gasteiger partial charge >= 0.3 is 5.97 Å². The van der Waals surface area contributed by atoms with Gasteiger partial charge in [0.05, 0.1) is 19.0 Å². The summed E-state index contributed by atoms with van der Waals surface area (Å²) in [4.78, 5) is 36.9. The summed E-state index contributed by atoms with van der Waals surface area (Å²) in [7, 11) is 0. The number of hydrogen-bond acceptors (Lipinski definition) is 3. The second-order valence-corrected chi connectivity index (χ2v) is 6.33. The Kier molecular flexibility index (Phi) is 6.61. The van der Waals surface area contributed by atoms with E-state index in [0.717, 1.165) is 19.3 Å². The van der Waals surface area contributed by atoms with Crippen LogP contribution < -0.4 is 5.32 Å². The first-order valence-corrected chi connectivity index (χ1v) is 8.38. The second kappa shape index (κ2) is 8.68. The molecule has 2 rings (SSSR count). The molecule has 0 saturated carbocycles. The maximum absolute atomic E-state index is 12.3. The SMILES string of the molecule is O=C(O)C[C@H](NC(=O)CN1CCCCCC1=O)c1ccc(Cl)cc1. The Morgan fingerprint density at radius 1 is 1.21 bits per heavy atom. The van der Waals surface area contributed by atoms with Gasteiger partial charge in [-0.05, 0) is 30.5 Å². The molecule has 1 aromatic rings. The molecule has 1 aliphatic heterocycles. The summed E-state index contributed by atoms with van der Waals surface area (Å²) in [6.45, 7) is 0.527. The molecule has 7 heteroatoms. The van der Waals surface area contributed by atoms with Crippen LogP contribution in [0.3, 0.4) is 0 Å². The highest BCUT2D eigenvalue weighted by molar-refractivity contribution is 6.30. The van der Waals surface area contributed by atoms with Crippen LogP contribution in [0.25, 0.3) is 0 Å². The number of aliphatic carboxylic acids is 1. The van der Waals surface area contributed by atoms with E-state index in [1.54, 1.807) is 29.2 Å². The van der Waals surface area contributed by atoms with Gasteiger partial charge in [-0.3, -0.25) is 14.4 Å². The number of halogens is 1. The average Bonchev–Trinajstić information content (AvgIpc) is 2.72. The van der Waals surface area contributed by atoms with E-state index in [2.05, 4.69) is 5.32 Å². The highest BCUT2D eigenvalue weighted by Gasteiger charge is 2.22. The predicted molar refractivity (Wildman–Crippen MR) is 89.6 cm³/mol. The van der Waals surface area contributed by atoms with Crippen molar-refractivity contribution in [3.05, 3.63) is 34.9 Å². The smallest absolute Gasteiger partial charge is 0.305 e. The molecule has 0 aliphatic carbocycles. The molecule has 0 radical (unpaired) electrons. The van der Waals surface area contributed by atoms with Crippen LogP contribution >= 0.6 is 11.6 Å². The van der Waals surface area contributed by atoms with Crippen molar-refractivity contribution >= 4 is 29.4 Å². The quantitative estimate of drug-likeness (QED) is 0.822. The molecule has 1 heterocycles. The van der Waals surface area contributed by atoms with E-state index in [1.807, 2.05) is 0 Å². The molecule has 0 unspecified atom stereocenters. The number of nitrogens with one attached hydrogen (secondary N) is 1. The average molecular weight is 353 g/mol. The first-order chi connectivity index (χ1) is 11.5. The summed E-state index contributed by atoms with van der Waals surface area (Å²) < 4.78 is 0. The lowest BCUT2D eigenvalue weighted by atomic mass is 10.0. The van der Waals surface area contributed by atoms with Gasteiger partial charge in [-0.15, -0.1) is 0 Å². The van der Waals surface area contributed by atoms with Crippen molar-refractivity contribution in [3.8, 4) is 0 Å². The maximum atomic E-state index is 12.3. The summed E-state index contributed by atoms with van der Waals surface area (Å²) in [6.07, 6.45) is 2.94. The minimum absolute atomic E-state index is 0.0241. The number of carboxylic acids is 1. The van der Waals surface area contributed by atoms with Gasteiger partial charge in [0.25, 0.3) is 0 Å². The van der Waals surface area contributed by atoms with Crippen molar-refractivity contribution in [2.45, 2.75) is 38.1 Å². The standard InChI is InChI=1S/C17H21ClN2O4/c18-13-7-5-12(6-8-13)14(10-17(23)24)19-15(21)11-20-9-3-1-2-4-16(20)22/h5-8,14H,1-4,9-11H2,(H,19,21)(H,23,24)/t14-/m0/s1. The van der Waals surface area contributed by atoms with Crippen molar-refractivity contribution in [3.63, 3.8) is 0 Å². The summed E-state index contributed by atoms with van der Waals surface area (Å²) in [5.74, 6) is -1.39. The molecule has 0 aromatic heterocycles. The number of carbonyl (C=O) groups excluding carboxylic acids is 2. The van der Waals surface area contributed by atoms with Crippen molar-refractivity contribution in [2.24, 2.45) is 0 Å². The minimum atomic E-state index is -1.01. The zero-order chi connectivity index (χ0) is 17.5. The number of benzene rings is 1. The van der Waals surface area contributed by atoms with Crippen molar-refractivity contribution in [1.29, 1.82) is 0 Å². The van der Waals surface area contributed by atoms with E-state index in [-0.39, 0.29) is 24.8 Å². The molecule has 24 heavy (non-hydrogen) atoms. The van der Waals surface area contributed by atoms with Gasteiger partial charge in [-0.2, -0.15) is 0 Å². The Bertz CT molecular complexity index is 603. The van der Waals surface area contributed by atoms with Gasteiger partial charge in [0.1, 0.15) is 0 Å². The van der Waals surface area contributed by atoms with Crippen molar-refractivity contribution in [2.75, 3.05) is 13.1 Å². The first-order valence-electron chi connectivity index (χ1n) is 8.00. The fourth-order valence-corrected chi connectivity index (χ4v) is 2.87. The van der Waals surface area contributed by atoms with Gasteiger partial charge in [-0.1, -0.05) is 30.2 Å². The van der Waals surface area contributed by atoms with Gasteiger partial charge in [0.15, 0.2) is 0 Å². The number of carboxylic acid groups (broad SMARTS) is 1. The van der Waals surface area contributed by atoms with Crippen LogP contribution in [0, 0.1) is 0 Å². The third kappa shape index (κ3) is 5.53. The van der Waals surface area contributed by atoms with E-state index in [1.165, 1.54) is 0 Å². The minimum Gasteiger partial charge on any atom is -0.481 e. The fourth-order valence-electron chi connectivity index (χ4n) is 2.74. The molecule has 6 nitrogen and oxygen atoms in total. The first kappa shape index (κ1) is 18.3. The molecule has 130 valence electrons. The van der Waals surface area contributed by atoms with Gasteiger partial charge in [-0.25, -0.2) is 0 Å². The lowest BCUT2D eigenvalue weighted by Gasteiger charge is -2.23. The Morgan fingerprint density at radius 3 is 2.58 bits per heavy atom. The topological polar surface area (TPSA) is 86.7 Å². The molecule has 1 aromatic carbocycles. The summed E-state index contributed by atoms with van der Waals surface area (Å²) in [6, 6.07) is 6.02. The fraction of sp³-hybridized carbons (Fsp3) is 0.471. The Hall–Kier alpha value is -2.08. The van der Waals surface area contributed by atoms with Gasteiger partial charge < -0.3 is 15.3 Å².